The lowest BCUT2D eigenvalue weighted by atomic mass is 10.3. The SMILES string of the molecule is CCC(=O)N1CCN(CCNC(C)=O)CC1. The van der Waals surface area contributed by atoms with Crippen LogP contribution in [0.4, 0.5) is 0 Å². The largest absolute Gasteiger partial charge is 0.355 e. The number of rotatable bonds is 4. The van der Waals surface area contributed by atoms with Crippen molar-refractivity contribution in [3.05, 3.63) is 0 Å². The second-order valence-corrected chi connectivity index (χ2v) is 4.06. The maximum absolute atomic E-state index is 11.4. The van der Waals surface area contributed by atoms with Gasteiger partial charge in [-0.15, -0.1) is 0 Å². The highest BCUT2D eigenvalue weighted by atomic mass is 16.2. The first kappa shape index (κ1) is 13.0. The maximum Gasteiger partial charge on any atom is 0.222 e. The van der Waals surface area contributed by atoms with Crippen molar-refractivity contribution in [2.45, 2.75) is 20.3 Å². The van der Waals surface area contributed by atoms with Crippen molar-refractivity contribution in [3.63, 3.8) is 0 Å². The summed E-state index contributed by atoms with van der Waals surface area (Å²) in [5.41, 5.74) is 0. The van der Waals surface area contributed by atoms with Gasteiger partial charge in [0.1, 0.15) is 0 Å². The highest BCUT2D eigenvalue weighted by Gasteiger charge is 2.19. The number of carbonyl (C=O) groups excluding carboxylic acids is 2. The van der Waals surface area contributed by atoms with E-state index in [1.807, 2.05) is 11.8 Å². The average molecular weight is 227 g/mol. The third-order valence-electron chi connectivity index (χ3n) is 2.83. The molecule has 1 aliphatic heterocycles. The summed E-state index contributed by atoms with van der Waals surface area (Å²) in [6.07, 6.45) is 0.589. The number of hydrogen-bond acceptors (Lipinski definition) is 3. The molecule has 1 fully saturated rings. The third-order valence-corrected chi connectivity index (χ3v) is 2.83. The van der Waals surface area contributed by atoms with Crippen LogP contribution in [0, 0.1) is 0 Å². The fourth-order valence-corrected chi connectivity index (χ4v) is 1.83. The predicted octanol–water partition coefficient (Wildman–Crippen LogP) is -0.323. The molecule has 0 aliphatic carbocycles. The molecule has 1 aliphatic rings. The first-order valence-corrected chi connectivity index (χ1v) is 5.88. The van der Waals surface area contributed by atoms with Crippen molar-refractivity contribution in [3.8, 4) is 0 Å². The summed E-state index contributed by atoms with van der Waals surface area (Å²) in [5, 5.41) is 2.78. The van der Waals surface area contributed by atoms with E-state index in [0.717, 1.165) is 32.7 Å². The van der Waals surface area contributed by atoms with Crippen molar-refractivity contribution >= 4 is 11.8 Å². The van der Waals surface area contributed by atoms with Gasteiger partial charge >= 0.3 is 0 Å². The molecule has 5 heteroatoms. The van der Waals surface area contributed by atoms with Crippen LogP contribution in [0.25, 0.3) is 0 Å². The molecule has 16 heavy (non-hydrogen) atoms. The van der Waals surface area contributed by atoms with Crippen LogP contribution < -0.4 is 5.32 Å². The van der Waals surface area contributed by atoms with E-state index in [0.29, 0.717) is 13.0 Å². The Balaban J connectivity index is 2.17. The van der Waals surface area contributed by atoms with Crippen molar-refractivity contribution in [2.24, 2.45) is 0 Å². The van der Waals surface area contributed by atoms with Gasteiger partial charge in [0.05, 0.1) is 0 Å². The molecule has 0 unspecified atom stereocenters. The normalized spacial score (nSPS) is 17.2. The second kappa shape index (κ2) is 6.48. The van der Waals surface area contributed by atoms with Crippen LogP contribution in [0.5, 0.6) is 0 Å². The van der Waals surface area contributed by atoms with E-state index < -0.39 is 0 Å². The van der Waals surface area contributed by atoms with Crippen LogP contribution in [0.15, 0.2) is 0 Å². The molecule has 1 saturated heterocycles. The smallest absolute Gasteiger partial charge is 0.222 e. The van der Waals surface area contributed by atoms with Crippen LogP contribution in [0.1, 0.15) is 20.3 Å². The van der Waals surface area contributed by atoms with E-state index in [2.05, 4.69) is 10.2 Å². The lowest BCUT2D eigenvalue weighted by Crippen LogP contribution is -2.50. The monoisotopic (exact) mass is 227 g/mol. The molecule has 0 aromatic carbocycles. The number of carbonyl (C=O) groups is 2. The summed E-state index contributed by atoms with van der Waals surface area (Å²) in [7, 11) is 0. The van der Waals surface area contributed by atoms with E-state index >= 15 is 0 Å². The number of nitrogens with zero attached hydrogens (tertiary/aromatic N) is 2. The molecular formula is C11H21N3O2. The van der Waals surface area contributed by atoms with Crippen LogP contribution in [-0.4, -0.2) is 60.9 Å². The minimum Gasteiger partial charge on any atom is -0.355 e. The summed E-state index contributed by atoms with van der Waals surface area (Å²) >= 11 is 0. The van der Waals surface area contributed by atoms with Gasteiger partial charge in [-0.3, -0.25) is 14.5 Å². The van der Waals surface area contributed by atoms with Gasteiger partial charge in [-0.05, 0) is 0 Å². The quantitative estimate of drug-likeness (QED) is 0.716. The first-order chi connectivity index (χ1) is 7.63. The Morgan fingerprint density at radius 1 is 1.19 bits per heavy atom. The zero-order chi connectivity index (χ0) is 12.0. The molecule has 0 radical (unpaired) electrons. The van der Waals surface area contributed by atoms with Gasteiger partial charge in [0.15, 0.2) is 0 Å². The van der Waals surface area contributed by atoms with Crippen LogP contribution in [-0.2, 0) is 9.59 Å². The second-order valence-electron chi connectivity index (χ2n) is 4.06. The fraction of sp³-hybridized carbons (Fsp3) is 0.818. The molecule has 2 amide bonds. The van der Waals surface area contributed by atoms with Gasteiger partial charge in [0.2, 0.25) is 11.8 Å². The highest BCUT2D eigenvalue weighted by molar-refractivity contribution is 5.75. The summed E-state index contributed by atoms with van der Waals surface area (Å²) in [5.74, 6) is 0.251. The number of piperazine rings is 1. The van der Waals surface area contributed by atoms with E-state index in [1.54, 1.807) is 0 Å². The molecular weight excluding hydrogens is 206 g/mol. The van der Waals surface area contributed by atoms with E-state index in [-0.39, 0.29) is 11.8 Å². The third kappa shape index (κ3) is 4.18. The van der Waals surface area contributed by atoms with Gasteiger partial charge in [0, 0.05) is 52.6 Å². The van der Waals surface area contributed by atoms with Gasteiger partial charge < -0.3 is 10.2 Å². The molecule has 0 spiro atoms. The van der Waals surface area contributed by atoms with Crippen molar-refractivity contribution in [1.82, 2.24) is 15.1 Å². The first-order valence-electron chi connectivity index (χ1n) is 5.88. The zero-order valence-corrected chi connectivity index (χ0v) is 10.2. The Kier molecular flexibility index (Phi) is 5.25. The van der Waals surface area contributed by atoms with E-state index in [9.17, 15) is 9.59 Å². The molecule has 0 saturated carbocycles. The minimum atomic E-state index is 0.0137. The predicted molar refractivity (Wildman–Crippen MR) is 62.0 cm³/mol. The Morgan fingerprint density at radius 2 is 1.81 bits per heavy atom. The standard InChI is InChI=1S/C11H21N3O2/c1-3-11(16)14-8-6-13(7-9-14)5-4-12-10(2)15/h3-9H2,1-2H3,(H,12,15). The van der Waals surface area contributed by atoms with E-state index in [1.165, 1.54) is 6.92 Å². The maximum atomic E-state index is 11.4. The average Bonchev–Trinajstić information content (AvgIpc) is 2.28. The van der Waals surface area contributed by atoms with Crippen LogP contribution in [0.2, 0.25) is 0 Å². The van der Waals surface area contributed by atoms with Gasteiger partial charge in [-0.1, -0.05) is 6.92 Å². The molecule has 0 atom stereocenters. The zero-order valence-electron chi connectivity index (χ0n) is 10.2. The van der Waals surface area contributed by atoms with Crippen molar-refractivity contribution < 1.29 is 9.59 Å². The number of amides is 2. The van der Waals surface area contributed by atoms with Crippen LogP contribution in [0.3, 0.4) is 0 Å². The summed E-state index contributed by atoms with van der Waals surface area (Å²) < 4.78 is 0. The summed E-state index contributed by atoms with van der Waals surface area (Å²) in [6, 6.07) is 0. The van der Waals surface area contributed by atoms with Crippen molar-refractivity contribution in [2.75, 3.05) is 39.3 Å². The lowest BCUT2D eigenvalue weighted by molar-refractivity contribution is -0.132. The van der Waals surface area contributed by atoms with Gasteiger partial charge in [-0.25, -0.2) is 0 Å². The molecule has 5 nitrogen and oxygen atoms in total. The van der Waals surface area contributed by atoms with Crippen LogP contribution >= 0.6 is 0 Å². The molecule has 1 rings (SSSR count). The molecule has 0 aromatic rings. The van der Waals surface area contributed by atoms with Crippen molar-refractivity contribution in [1.29, 1.82) is 0 Å². The molecule has 1 heterocycles. The van der Waals surface area contributed by atoms with Gasteiger partial charge in [-0.2, -0.15) is 0 Å². The Labute approximate surface area is 96.8 Å². The minimum absolute atomic E-state index is 0.0137. The Hall–Kier alpha value is -1.10. The fourth-order valence-electron chi connectivity index (χ4n) is 1.83. The topological polar surface area (TPSA) is 52.7 Å². The number of nitrogens with one attached hydrogen (secondary N) is 1. The molecule has 1 N–H and O–H groups in total. The van der Waals surface area contributed by atoms with E-state index in [4.69, 9.17) is 0 Å². The highest BCUT2D eigenvalue weighted by Crippen LogP contribution is 2.02. The molecule has 0 bridgehead atoms. The molecule has 0 aromatic heterocycles. The summed E-state index contributed by atoms with van der Waals surface area (Å²) in [6.45, 7) is 8.42. The Bertz CT molecular complexity index is 248. The van der Waals surface area contributed by atoms with Gasteiger partial charge in [0.25, 0.3) is 0 Å². The number of hydrogen-bond donors (Lipinski definition) is 1. The lowest BCUT2D eigenvalue weighted by Gasteiger charge is -2.34. The Morgan fingerprint density at radius 3 is 2.31 bits per heavy atom. The molecule has 92 valence electrons. The summed E-state index contributed by atoms with van der Waals surface area (Å²) in [4.78, 5) is 26.3.